The van der Waals surface area contributed by atoms with Gasteiger partial charge in [-0.2, -0.15) is 8.42 Å². The van der Waals surface area contributed by atoms with E-state index >= 15 is 0 Å². The molecule has 0 aromatic carbocycles. The van der Waals surface area contributed by atoms with Crippen LogP contribution in [0.2, 0.25) is 0 Å². The molecule has 0 radical (unpaired) electrons. The Kier molecular flexibility index (Phi) is 3.48. The van der Waals surface area contributed by atoms with Crippen LogP contribution in [0.25, 0.3) is 0 Å². The van der Waals surface area contributed by atoms with E-state index in [1.54, 1.807) is 0 Å². The zero-order chi connectivity index (χ0) is 15.4. The predicted octanol–water partition coefficient (Wildman–Crippen LogP) is 1.96. The van der Waals surface area contributed by atoms with Crippen LogP contribution in [-0.2, 0) is 19.6 Å². The van der Waals surface area contributed by atoms with Gasteiger partial charge in [0.05, 0.1) is 11.7 Å². The number of rotatable bonds is 2. The van der Waals surface area contributed by atoms with Crippen molar-refractivity contribution in [1.29, 1.82) is 0 Å². The highest BCUT2D eigenvalue weighted by molar-refractivity contribution is 7.85. The van der Waals surface area contributed by atoms with Crippen LogP contribution in [-0.4, -0.2) is 30.8 Å². The summed E-state index contributed by atoms with van der Waals surface area (Å²) in [4.78, 5) is 12.1. The van der Waals surface area contributed by atoms with E-state index in [-0.39, 0.29) is 23.9 Å². The minimum Gasteiger partial charge on any atom is -0.461 e. The summed E-state index contributed by atoms with van der Waals surface area (Å²) in [5.41, 5.74) is 2.22. The van der Waals surface area contributed by atoms with Crippen molar-refractivity contribution in [3.8, 4) is 0 Å². The van der Waals surface area contributed by atoms with Gasteiger partial charge in [0.15, 0.2) is 0 Å². The maximum absolute atomic E-state index is 12.1. The molecule has 0 aromatic heterocycles. The third kappa shape index (κ3) is 2.55. The van der Waals surface area contributed by atoms with Gasteiger partial charge in [-0.15, -0.1) is 0 Å². The number of fused-ring (bicyclic) bond motifs is 3. The van der Waals surface area contributed by atoms with Crippen molar-refractivity contribution in [1.82, 2.24) is 0 Å². The zero-order valence-electron chi connectivity index (χ0n) is 11.8. The van der Waals surface area contributed by atoms with Crippen LogP contribution in [0, 0.1) is 23.7 Å². The third-order valence-electron chi connectivity index (χ3n) is 5.24. The standard InChI is InChI=1S/C15H20O5S/c1-8-3-6-11-12(7-21(17,18)19)15(16)20-14(11)13-9(2)4-5-10(8)13/h10-14H,1-7H2,(H,17,18,19)/t10-,11-,12?,13-,14-/m0/s1. The van der Waals surface area contributed by atoms with Crippen LogP contribution in [0.1, 0.15) is 25.7 Å². The lowest BCUT2D eigenvalue weighted by Gasteiger charge is -2.26. The van der Waals surface area contributed by atoms with Crippen molar-refractivity contribution in [2.24, 2.45) is 23.7 Å². The predicted molar refractivity (Wildman–Crippen MR) is 77.0 cm³/mol. The Morgan fingerprint density at radius 2 is 1.86 bits per heavy atom. The van der Waals surface area contributed by atoms with Crippen molar-refractivity contribution in [2.75, 3.05) is 5.75 Å². The first-order valence-corrected chi connectivity index (χ1v) is 8.90. The molecule has 5 nitrogen and oxygen atoms in total. The summed E-state index contributed by atoms with van der Waals surface area (Å²) < 4.78 is 36.9. The molecule has 1 heterocycles. The molecule has 6 heteroatoms. The SMILES string of the molecule is C=C1CC[C@H]2C(=C)CC[C@H]3C(CS(=O)(=O)O)C(=O)O[C@@H]3[C@@H]12. The van der Waals surface area contributed by atoms with Gasteiger partial charge in [0.25, 0.3) is 10.1 Å². The molecule has 0 spiro atoms. The quantitative estimate of drug-likeness (QED) is 0.479. The molecule has 2 saturated carbocycles. The highest BCUT2D eigenvalue weighted by atomic mass is 32.2. The second-order valence-electron chi connectivity index (χ2n) is 6.45. The van der Waals surface area contributed by atoms with E-state index in [9.17, 15) is 13.2 Å². The summed E-state index contributed by atoms with van der Waals surface area (Å²) in [5, 5.41) is 0. The Bertz CT molecular complexity index is 606. The van der Waals surface area contributed by atoms with Gasteiger partial charge in [-0.3, -0.25) is 9.35 Å². The number of hydrogen-bond acceptors (Lipinski definition) is 4. The van der Waals surface area contributed by atoms with E-state index in [0.717, 1.165) is 30.4 Å². The number of allylic oxidation sites excluding steroid dienone is 1. The van der Waals surface area contributed by atoms with Crippen molar-refractivity contribution in [2.45, 2.75) is 31.8 Å². The van der Waals surface area contributed by atoms with Gasteiger partial charge >= 0.3 is 5.97 Å². The number of carbonyl (C=O) groups is 1. The van der Waals surface area contributed by atoms with E-state index in [1.807, 2.05) is 0 Å². The molecule has 3 fully saturated rings. The van der Waals surface area contributed by atoms with Gasteiger partial charge in [0, 0.05) is 11.8 Å². The second kappa shape index (κ2) is 4.95. The Hall–Kier alpha value is -1.14. The van der Waals surface area contributed by atoms with E-state index in [4.69, 9.17) is 9.29 Å². The summed E-state index contributed by atoms with van der Waals surface area (Å²) in [7, 11) is -4.20. The Balaban J connectivity index is 1.93. The molecular formula is C15H20O5S. The van der Waals surface area contributed by atoms with Gasteiger partial charge in [0.2, 0.25) is 0 Å². The molecule has 0 bridgehead atoms. The second-order valence-corrected chi connectivity index (χ2v) is 7.94. The molecule has 3 rings (SSSR count). The zero-order valence-corrected chi connectivity index (χ0v) is 12.6. The lowest BCUT2D eigenvalue weighted by Crippen LogP contribution is -2.31. The summed E-state index contributed by atoms with van der Waals surface area (Å²) in [6.07, 6.45) is 3.01. The first-order chi connectivity index (χ1) is 9.78. The van der Waals surface area contributed by atoms with Gasteiger partial charge in [-0.1, -0.05) is 24.3 Å². The van der Waals surface area contributed by atoms with Crippen LogP contribution < -0.4 is 0 Å². The number of esters is 1. The fourth-order valence-corrected chi connectivity index (χ4v) is 5.10. The first-order valence-electron chi connectivity index (χ1n) is 7.29. The molecule has 1 N–H and O–H groups in total. The van der Waals surface area contributed by atoms with Crippen molar-refractivity contribution in [3.63, 3.8) is 0 Å². The maximum atomic E-state index is 12.1. The summed E-state index contributed by atoms with van der Waals surface area (Å²) in [6.45, 7) is 8.25. The number of hydrogen-bond donors (Lipinski definition) is 1. The highest BCUT2D eigenvalue weighted by Gasteiger charge is 2.54. The monoisotopic (exact) mass is 312 g/mol. The fraction of sp³-hybridized carbons (Fsp3) is 0.667. The van der Waals surface area contributed by atoms with Crippen LogP contribution in [0.5, 0.6) is 0 Å². The molecule has 1 aliphatic heterocycles. The normalized spacial score (nSPS) is 39.7. The van der Waals surface area contributed by atoms with E-state index in [2.05, 4.69) is 13.2 Å². The maximum Gasteiger partial charge on any atom is 0.310 e. The molecule has 2 aliphatic carbocycles. The first kappa shape index (κ1) is 14.8. The topological polar surface area (TPSA) is 80.7 Å². The van der Waals surface area contributed by atoms with Crippen molar-refractivity contribution >= 4 is 16.1 Å². The molecule has 3 aliphatic rings. The van der Waals surface area contributed by atoms with E-state index in [1.165, 1.54) is 0 Å². The lowest BCUT2D eigenvalue weighted by molar-refractivity contribution is -0.145. The minimum atomic E-state index is -4.20. The average molecular weight is 312 g/mol. The minimum absolute atomic E-state index is 0.0559. The van der Waals surface area contributed by atoms with E-state index < -0.39 is 27.8 Å². The Morgan fingerprint density at radius 1 is 1.19 bits per heavy atom. The molecule has 0 amide bonds. The molecular weight excluding hydrogens is 292 g/mol. The lowest BCUT2D eigenvalue weighted by atomic mass is 9.80. The largest absolute Gasteiger partial charge is 0.461 e. The fourth-order valence-electron chi connectivity index (χ4n) is 4.26. The van der Waals surface area contributed by atoms with Crippen molar-refractivity contribution in [3.05, 3.63) is 24.3 Å². The Labute approximate surface area is 124 Å². The summed E-state index contributed by atoms with van der Waals surface area (Å²) >= 11 is 0. The smallest absolute Gasteiger partial charge is 0.310 e. The molecule has 5 atom stereocenters. The van der Waals surface area contributed by atoms with Crippen LogP contribution >= 0.6 is 0 Å². The third-order valence-corrected chi connectivity index (χ3v) is 6.02. The molecule has 0 aromatic rings. The van der Waals surface area contributed by atoms with Crippen molar-refractivity contribution < 1.29 is 22.5 Å². The molecule has 21 heavy (non-hydrogen) atoms. The number of ether oxygens (including phenoxy) is 1. The van der Waals surface area contributed by atoms with Gasteiger partial charge in [0.1, 0.15) is 6.10 Å². The molecule has 1 unspecified atom stereocenters. The highest BCUT2D eigenvalue weighted by Crippen LogP contribution is 2.52. The van der Waals surface area contributed by atoms with Crippen LogP contribution in [0.3, 0.4) is 0 Å². The van der Waals surface area contributed by atoms with Crippen LogP contribution in [0.15, 0.2) is 24.3 Å². The van der Waals surface area contributed by atoms with Gasteiger partial charge < -0.3 is 4.74 Å². The number of carbonyl (C=O) groups excluding carboxylic acids is 1. The van der Waals surface area contributed by atoms with Gasteiger partial charge in [-0.25, -0.2) is 0 Å². The summed E-state index contributed by atoms with van der Waals surface area (Å²) in [6, 6.07) is 0. The van der Waals surface area contributed by atoms with E-state index in [0.29, 0.717) is 6.42 Å². The average Bonchev–Trinajstić information content (AvgIpc) is 2.83. The molecule has 116 valence electrons. The summed E-state index contributed by atoms with van der Waals surface area (Å²) in [5.74, 6) is -1.67. The Morgan fingerprint density at radius 3 is 2.52 bits per heavy atom. The van der Waals surface area contributed by atoms with Crippen LogP contribution in [0.4, 0.5) is 0 Å². The van der Waals surface area contributed by atoms with Gasteiger partial charge in [-0.05, 0) is 31.6 Å². The molecule has 1 saturated heterocycles.